The summed E-state index contributed by atoms with van der Waals surface area (Å²) in [6.07, 6.45) is 0.632. The van der Waals surface area contributed by atoms with Crippen molar-refractivity contribution in [2.75, 3.05) is 0 Å². The SMILES string of the molecule is O=Cc1cc(Cl)c(F)c(I)c1. The number of rotatable bonds is 1. The summed E-state index contributed by atoms with van der Waals surface area (Å²) in [7, 11) is 0. The lowest BCUT2D eigenvalue weighted by Gasteiger charge is -1.97. The molecule has 0 unspecified atom stereocenters. The Hall–Kier alpha value is -0.160. The number of carbonyl (C=O) groups excluding carboxylic acids is 1. The second-order valence-corrected chi connectivity index (χ2v) is 3.49. The minimum atomic E-state index is -0.474. The molecule has 0 atom stereocenters. The van der Waals surface area contributed by atoms with Crippen LogP contribution in [0.3, 0.4) is 0 Å². The second-order valence-electron chi connectivity index (χ2n) is 1.92. The maximum atomic E-state index is 12.8. The fourth-order valence-corrected chi connectivity index (χ4v) is 1.68. The van der Waals surface area contributed by atoms with Crippen LogP contribution in [0.4, 0.5) is 4.39 Å². The third kappa shape index (κ3) is 1.90. The Bertz CT molecular complexity index is 277. The van der Waals surface area contributed by atoms with Crippen molar-refractivity contribution < 1.29 is 9.18 Å². The van der Waals surface area contributed by atoms with Crippen molar-refractivity contribution in [3.05, 3.63) is 32.1 Å². The summed E-state index contributed by atoms with van der Waals surface area (Å²) in [5, 5.41) is -0.0148. The van der Waals surface area contributed by atoms with Crippen LogP contribution in [0.15, 0.2) is 12.1 Å². The molecule has 4 heteroatoms. The zero-order valence-corrected chi connectivity index (χ0v) is 8.19. The number of hydrogen-bond donors (Lipinski definition) is 0. The van der Waals surface area contributed by atoms with Gasteiger partial charge in [-0.2, -0.15) is 0 Å². The molecule has 0 aliphatic rings. The lowest BCUT2D eigenvalue weighted by Crippen LogP contribution is -1.87. The molecule has 11 heavy (non-hydrogen) atoms. The molecule has 0 aromatic heterocycles. The van der Waals surface area contributed by atoms with Crippen molar-refractivity contribution in [1.82, 2.24) is 0 Å². The van der Waals surface area contributed by atoms with E-state index in [1.54, 1.807) is 22.6 Å². The first-order valence-corrected chi connectivity index (χ1v) is 4.20. The van der Waals surface area contributed by atoms with E-state index in [1.165, 1.54) is 12.1 Å². The Morgan fingerprint density at radius 3 is 2.64 bits per heavy atom. The Kier molecular flexibility index (Phi) is 2.84. The van der Waals surface area contributed by atoms with Crippen molar-refractivity contribution in [3.8, 4) is 0 Å². The molecule has 0 spiro atoms. The maximum absolute atomic E-state index is 12.8. The van der Waals surface area contributed by atoms with E-state index in [1.807, 2.05) is 0 Å². The zero-order chi connectivity index (χ0) is 8.43. The van der Waals surface area contributed by atoms with Crippen LogP contribution < -0.4 is 0 Å². The normalized spacial score (nSPS) is 9.73. The van der Waals surface area contributed by atoms with Crippen LogP contribution in [0.25, 0.3) is 0 Å². The Morgan fingerprint density at radius 2 is 2.18 bits per heavy atom. The molecule has 0 saturated carbocycles. The number of aldehydes is 1. The fourth-order valence-electron chi connectivity index (χ4n) is 0.643. The van der Waals surface area contributed by atoms with Crippen molar-refractivity contribution in [2.45, 2.75) is 0 Å². The van der Waals surface area contributed by atoms with E-state index in [-0.39, 0.29) is 5.02 Å². The summed E-state index contributed by atoms with van der Waals surface area (Å²) >= 11 is 7.24. The summed E-state index contributed by atoms with van der Waals surface area (Å²) in [5.74, 6) is -0.474. The summed E-state index contributed by atoms with van der Waals surface area (Å²) in [5.41, 5.74) is 0.390. The maximum Gasteiger partial charge on any atom is 0.155 e. The minimum absolute atomic E-state index is 0.0148. The van der Waals surface area contributed by atoms with Gasteiger partial charge in [-0.25, -0.2) is 4.39 Å². The average molecular weight is 284 g/mol. The van der Waals surface area contributed by atoms with Crippen LogP contribution in [0.1, 0.15) is 10.4 Å². The van der Waals surface area contributed by atoms with Gasteiger partial charge in [0.1, 0.15) is 6.29 Å². The smallest absolute Gasteiger partial charge is 0.155 e. The van der Waals surface area contributed by atoms with E-state index in [9.17, 15) is 9.18 Å². The molecule has 1 rings (SSSR count). The molecule has 0 aliphatic heterocycles. The molecule has 58 valence electrons. The molecule has 1 nitrogen and oxygen atoms in total. The summed E-state index contributed by atoms with van der Waals surface area (Å²) in [6.45, 7) is 0. The van der Waals surface area contributed by atoms with Gasteiger partial charge in [0.05, 0.1) is 8.59 Å². The highest BCUT2D eigenvalue weighted by Crippen LogP contribution is 2.21. The average Bonchev–Trinajstić information content (AvgIpc) is 1.99. The summed E-state index contributed by atoms with van der Waals surface area (Å²) < 4.78 is 13.2. The van der Waals surface area contributed by atoms with Gasteiger partial charge in [-0.1, -0.05) is 11.6 Å². The first kappa shape index (κ1) is 8.93. The summed E-state index contributed by atoms with van der Waals surface area (Å²) in [4.78, 5) is 10.2. The molecule has 0 radical (unpaired) electrons. The second kappa shape index (κ2) is 3.49. The number of hydrogen-bond acceptors (Lipinski definition) is 1. The van der Waals surface area contributed by atoms with Crippen LogP contribution in [-0.4, -0.2) is 6.29 Å². The largest absolute Gasteiger partial charge is 0.298 e. The molecular weight excluding hydrogens is 281 g/mol. The van der Waals surface area contributed by atoms with Crippen LogP contribution in [-0.2, 0) is 0 Å². The van der Waals surface area contributed by atoms with Crippen LogP contribution >= 0.6 is 34.2 Å². The van der Waals surface area contributed by atoms with Crippen molar-refractivity contribution in [2.24, 2.45) is 0 Å². The lowest BCUT2D eigenvalue weighted by atomic mass is 10.2. The molecule has 1 aromatic carbocycles. The predicted molar refractivity (Wildman–Crippen MR) is 49.5 cm³/mol. The van der Waals surface area contributed by atoms with Crippen molar-refractivity contribution in [1.29, 1.82) is 0 Å². The lowest BCUT2D eigenvalue weighted by molar-refractivity contribution is 0.112. The van der Waals surface area contributed by atoms with Gasteiger partial charge in [-0.05, 0) is 34.7 Å². The topological polar surface area (TPSA) is 17.1 Å². The van der Waals surface area contributed by atoms with Gasteiger partial charge in [-0.3, -0.25) is 4.79 Å². The minimum Gasteiger partial charge on any atom is -0.298 e. The van der Waals surface area contributed by atoms with Crippen molar-refractivity contribution >= 4 is 40.5 Å². The highest BCUT2D eigenvalue weighted by atomic mass is 127. The third-order valence-electron chi connectivity index (χ3n) is 1.14. The number of carbonyl (C=O) groups is 1. The molecule has 0 saturated heterocycles. The molecule has 0 N–H and O–H groups in total. The Morgan fingerprint density at radius 1 is 1.55 bits per heavy atom. The van der Waals surface area contributed by atoms with E-state index in [0.29, 0.717) is 15.4 Å². The van der Waals surface area contributed by atoms with Gasteiger partial charge in [-0.15, -0.1) is 0 Å². The van der Waals surface area contributed by atoms with Crippen LogP contribution in [0.5, 0.6) is 0 Å². The third-order valence-corrected chi connectivity index (χ3v) is 2.20. The Labute approximate surface area is 81.7 Å². The standard InChI is InChI=1S/C7H3ClFIO/c8-5-1-4(3-11)2-6(10)7(5)9/h1-3H. The summed E-state index contributed by atoms with van der Waals surface area (Å²) in [6, 6.07) is 2.74. The van der Waals surface area contributed by atoms with Gasteiger partial charge in [0.2, 0.25) is 0 Å². The van der Waals surface area contributed by atoms with E-state index in [4.69, 9.17) is 11.6 Å². The Balaban J connectivity index is 3.31. The van der Waals surface area contributed by atoms with Gasteiger partial charge >= 0.3 is 0 Å². The molecule has 0 amide bonds. The zero-order valence-electron chi connectivity index (χ0n) is 5.27. The highest BCUT2D eigenvalue weighted by Gasteiger charge is 2.05. The first-order chi connectivity index (χ1) is 5.15. The molecule has 1 aromatic rings. The predicted octanol–water partition coefficient (Wildman–Crippen LogP) is 2.90. The quantitative estimate of drug-likeness (QED) is 0.440. The van der Waals surface area contributed by atoms with Gasteiger partial charge in [0.15, 0.2) is 5.82 Å². The first-order valence-electron chi connectivity index (χ1n) is 2.75. The van der Waals surface area contributed by atoms with Crippen LogP contribution in [0, 0.1) is 9.39 Å². The van der Waals surface area contributed by atoms with Gasteiger partial charge < -0.3 is 0 Å². The van der Waals surface area contributed by atoms with Gasteiger partial charge in [0, 0.05) is 5.56 Å². The fraction of sp³-hybridized carbons (Fsp3) is 0. The molecule has 0 bridgehead atoms. The van der Waals surface area contributed by atoms with E-state index in [2.05, 4.69) is 0 Å². The number of benzene rings is 1. The van der Waals surface area contributed by atoms with Gasteiger partial charge in [0.25, 0.3) is 0 Å². The van der Waals surface area contributed by atoms with E-state index >= 15 is 0 Å². The number of halogens is 3. The molecule has 0 fully saturated rings. The van der Waals surface area contributed by atoms with Crippen LogP contribution in [0.2, 0.25) is 5.02 Å². The molecular formula is C7H3ClFIO. The highest BCUT2D eigenvalue weighted by molar-refractivity contribution is 14.1. The monoisotopic (exact) mass is 284 g/mol. The molecule has 0 heterocycles. The molecule has 0 aliphatic carbocycles. The van der Waals surface area contributed by atoms with Crippen molar-refractivity contribution in [3.63, 3.8) is 0 Å². The van der Waals surface area contributed by atoms with E-state index in [0.717, 1.165) is 0 Å². The van der Waals surface area contributed by atoms with E-state index < -0.39 is 5.82 Å².